The van der Waals surface area contributed by atoms with Gasteiger partial charge in [-0.2, -0.15) is 0 Å². The molecule has 1 heterocycles. The first kappa shape index (κ1) is 20.8. The van der Waals surface area contributed by atoms with Gasteiger partial charge in [0.05, 0.1) is 10.7 Å². The van der Waals surface area contributed by atoms with Gasteiger partial charge in [0, 0.05) is 6.20 Å². The van der Waals surface area contributed by atoms with Gasteiger partial charge < -0.3 is 10.5 Å². The third-order valence-corrected chi connectivity index (χ3v) is 4.76. The molecule has 1 aromatic rings. The zero-order valence-electron chi connectivity index (χ0n) is 14.1. The molecule has 1 aliphatic rings. The van der Waals surface area contributed by atoms with Crippen molar-refractivity contribution in [3.05, 3.63) is 30.1 Å². The molecule has 0 spiro atoms. The molecule has 2 rings (SSSR count). The Morgan fingerprint density at radius 3 is 2.62 bits per heavy atom. The second-order valence-corrected chi connectivity index (χ2v) is 6.72. The van der Waals surface area contributed by atoms with E-state index in [1.165, 1.54) is 19.3 Å². The lowest BCUT2D eigenvalue weighted by atomic mass is 9.83. The van der Waals surface area contributed by atoms with Crippen molar-refractivity contribution in [2.75, 3.05) is 0 Å². The molecular formula is C18H27ClN2O2S. The lowest BCUT2D eigenvalue weighted by Crippen LogP contribution is -2.35. The number of rotatable bonds is 7. The van der Waals surface area contributed by atoms with Gasteiger partial charge in [0.1, 0.15) is 12.0 Å². The van der Waals surface area contributed by atoms with Crippen LogP contribution in [0.1, 0.15) is 63.5 Å². The van der Waals surface area contributed by atoms with Crippen LogP contribution >= 0.6 is 24.6 Å². The summed E-state index contributed by atoms with van der Waals surface area (Å²) in [4.78, 5) is 17.0. The maximum atomic E-state index is 12.7. The summed E-state index contributed by atoms with van der Waals surface area (Å²) in [6.07, 6.45) is 9.50. The molecule has 1 saturated carbocycles. The highest BCUT2D eigenvalue weighted by Gasteiger charge is 2.32. The van der Waals surface area contributed by atoms with Crippen LogP contribution < -0.4 is 5.73 Å². The van der Waals surface area contributed by atoms with Crippen LogP contribution in [-0.4, -0.2) is 22.0 Å². The van der Waals surface area contributed by atoms with Gasteiger partial charge in [-0.1, -0.05) is 50.9 Å². The quantitative estimate of drug-likeness (QED) is 0.576. The van der Waals surface area contributed by atoms with Crippen LogP contribution in [0.25, 0.3) is 0 Å². The van der Waals surface area contributed by atoms with Gasteiger partial charge >= 0.3 is 5.97 Å². The van der Waals surface area contributed by atoms with Crippen LogP contribution in [0.15, 0.2) is 24.4 Å². The maximum absolute atomic E-state index is 12.7. The third kappa shape index (κ3) is 5.71. The Morgan fingerprint density at radius 1 is 1.38 bits per heavy atom. The van der Waals surface area contributed by atoms with Crippen molar-refractivity contribution in [1.29, 1.82) is 0 Å². The minimum Gasteiger partial charge on any atom is -0.461 e. The number of aromatic nitrogens is 1. The number of thiocarbonyl (C=S) groups is 1. The van der Waals surface area contributed by atoms with Crippen molar-refractivity contribution < 1.29 is 9.53 Å². The van der Waals surface area contributed by atoms with Gasteiger partial charge in [0.15, 0.2) is 0 Å². The maximum Gasteiger partial charge on any atom is 0.322 e. The third-order valence-electron chi connectivity index (χ3n) is 4.52. The summed E-state index contributed by atoms with van der Waals surface area (Å²) in [6, 6.07) is 5.39. The summed E-state index contributed by atoms with van der Waals surface area (Å²) in [5, 5.41) is 0. The molecule has 134 valence electrons. The molecule has 0 aromatic carbocycles. The summed E-state index contributed by atoms with van der Waals surface area (Å²) in [7, 11) is 0. The normalized spacial score (nSPS) is 17.4. The Hall–Kier alpha value is -1.20. The second-order valence-electron chi connectivity index (χ2n) is 6.25. The first-order chi connectivity index (χ1) is 11.1. The molecule has 0 amide bonds. The van der Waals surface area contributed by atoms with Crippen LogP contribution in [0.5, 0.6) is 0 Å². The minimum atomic E-state index is -0.755. The van der Waals surface area contributed by atoms with Crippen LogP contribution in [0.4, 0.5) is 0 Å². The molecule has 4 nitrogen and oxygen atoms in total. The van der Waals surface area contributed by atoms with Gasteiger partial charge in [0.2, 0.25) is 0 Å². The average Bonchev–Trinajstić information content (AvgIpc) is 2.56. The number of hydrogen-bond donors (Lipinski definition) is 1. The van der Waals surface area contributed by atoms with E-state index < -0.39 is 5.92 Å². The van der Waals surface area contributed by atoms with Crippen molar-refractivity contribution in [1.82, 2.24) is 4.98 Å². The molecule has 24 heavy (non-hydrogen) atoms. The summed E-state index contributed by atoms with van der Waals surface area (Å²) in [5.41, 5.74) is 6.35. The smallest absolute Gasteiger partial charge is 0.322 e. The van der Waals surface area contributed by atoms with Crippen molar-refractivity contribution >= 4 is 35.6 Å². The molecule has 2 atom stereocenters. The highest BCUT2D eigenvalue weighted by Crippen LogP contribution is 2.31. The standard InChI is InChI=1S/C18H26N2O2S.ClH/c1-2-8-15(13-9-4-3-5-10-13)22-18(21)16(17(19)23)14-11-6-7-12-20-14;/h6-7,11-13,15-16H,2-5,8-10H2,1H3,(H2,19,23);1H. The first-order valence-corrected chi connectivity index (χ1v) is 8.95. The van der Waals surface area contributed by atoms with Crippen molar-refractivity contribution in [3.63, 3.8) is 0 Å². The van der Waals surface area contributed by atoms with Gasteiger partial charge in [-0.25, -0.2) is 0 Å². The van der Waals surface area contributed by atoms with Gasteiger partial charge in [0.25, 0.3) is 0 Å². The lowest BCUT2D eigenvalue weighted by Gasteiger charge is -2.30. The molecule has 1 aliphatic carbocycles. The molecule has 0 aliphatic heterocycles. The number of esters is 1. The van der Waals surface area contributed by atoms with Crippen LogP contribution in [0.2, 0.25) is 0 Å². The molecule has 6 heteroatoms. The van der Waals surface area contributed by atoms with Crippen molar-refractivity contribution in [2.24, 2.45) is 11.7 Å². The number of carbonyl (C=O) groups excluding carboxylic acids is 1. The molecule has 2 N–H and O–H groups in total. The van der Waals surface area contributed by atoms with E-state index in [0.29, 0.717) is 11.6 Å². The van der Waals surface area contributed by atoms with Gasteiger partial charge in [-0.05, 0) is 37.3 Å². The fourth-order valence-corrected chi connectivity index (χ4v) is 3.54. The molecule has 0 radical (unpaired) electrons. The Kier molecular flexibility index (Phi) is 9.22. The fraction of sp³-hybridized carbons (Fsp3) is 0.611. The van der Waals surface area contributed by atoms with E-state index in [1.54, 1.807) is 18.3 Å². The van der Waals surface area contributed by atoms with Crippen molar-refractivity contribution in [2.45, 2.75) is 63.9 Å². The topological polar surface area (TPSA) is 65.2 Å². The molecular weight excluding hydrogens is 344 g/mol. The van der Waals surface area contributed by atoms with E-state index in [1.807, 2.05) is 6.07 Å². The SMILES string of the molecule is CCCC(OC(=O)C(C(N)=S)c1ccccn1)C1CCCCC1.Cl. The zero-order chi connectivity index (χ0) is 16.7. The van der Waals surface area contributed by atoms with Crippen LogP contribution in [0, 0.1) is 5.92 Å². The van der Waals surface area contributed by atoms with Gasteiger partial charge in [-0.3, -0.25) is 9.78 Å². The molecule has 1 aromatic heterocycles. The van der Waals surface area contributed by atoms with E-state index in [4.69, 9.17) is 22.7 Å². The average molecular weight is 371 g/mol. The summed E-state index contributed by atoms with van der Waals surface area (Å²) in [5.74, 6) is -0.655. The highest BCUT2D eigenvalue weighted by atomic mass is 35.5. The summed E-state index contributed by atoms with van der Waals surface area (Å²) < 4.78 is 5.86. The predicted octanol–water partition coefficient (Wildman–Crippen LogP) is 4.17. The fourth-order valence-electron chi connectivity index (χ4n) is 3.33. The van der Waals surface area contributed by atoms with Crippen LogP contribution in [-0.2, 0) is 9.53 Å². The highest BCUT2D eigenvalue weighted by molar-refractivity contribution is 7.80. The number of pyridine rings is 1. The van der Waals surface area contributed by atoms with E-state index in [-0.39, 0.29) is 29.5 Å². The lowest BCUT2D eigenvalue weighted by molar-refractivity contribution is -0.153. The Balaban J connectivity index is 0.00000288. The van der Waals surface area contributed by atoms with E-state index in [0.717, 1.165) is 25.7 Å². The monoisotopic (exact) mass is 370 g/mol. The second kappa shape index (κ2) is 10.6. The number of hydrogen-bond acceptors (Lipinski definition) is 4. The number of nitrogens with two attached hydrogens (primary N) is 1. The summed E-state index contributed by atoms with van der Waals surface area (Å²) in [6.45, 7) is 2.12. The van der Waals surface area contributed by atoms with E-state index in [2.05, 4.69) is 11.9 Å². The number of nitrogens with zero attached hydrogens (tertiary/aromatic N) is 1. The van der Waals surface area contributed by atoms with E-state index >= 15 is 0 Å². The molecule has 1 fully saturated rings. The largest absolute Gasteiger partial charge is 0.461 e. The predicted molar refractivity (Wildman–Crippen MR) is 102 cm³/mol. The summed E-state index contributed by atoms with van der Waals surface area (Å²) >= 11 is 5.09. The Morgan fingerprint density at radius 2 is 2.08 bits per heavy atom. The molecule has 2 unspecified atom stereocenters. The minimum absolute atomic E-state index is 0. The van der Waals surface area contributed by atoms with Crippen LogP contribution in [0.3, 0.4) is 0 Å². The Labute approximate surface area is 156 Å². The molecule has 0 saturated heterocycles. The first-order valence-electron chi connectivity index (χ1n) is 8.54. The Bertz CT molecular complexity index is 521. The van der Waals surface area contributed by atoms with E-state index in [9.17, 15) is 4.79 Å². The molecule has 0 bridgehead atoms. The van der Waals surface area contributed by atoms with Gasteiger partial charge in [-0.15, -0.1) is 12.4 Å². The number of carbonyl (C=O) groups is 1. The number of ether oxygens (including phenoxy) is 1. The van der Waals surface area contributed by atoms with Crippen molar-refractivity contribution in [3.8, 4) is 0 Å². The zero-order valence-corrected chi connectivity index (χ0v) is 15.8. The number of halogens is 1.